The van der Waals surface area contributed by atoms with Gasteiger partial charge in [-0.05, 0) is 61.4 Å². The summed E-state index contributed by atoms with van der Waals surface area (Å²) in [5.74, 6) is 0.631. The van der Waals surface area contributed by atoms with E-state index in [1.165, 1.54) is 0 Å². The van der Waals surface area contributed by atoms with Crippen LogP contribution < -0.4 is 10.1 Å². The van der Waals surface area contributed by atoms with E-state index >= 15 is 0 Å². The number of carbonyl (C=O) groups is 3. The Morgan fingerprint density at radius 2 is 1.81 bits per heavy atom. The second-order valence-electron chi connectivity index (χ2n) is 10.1. The van der Waals surface area contributed by atoms with Crippen LogP contribution in [0.15, 0.2) is 60.7 Å². The molecule has 0 radical (unpaired) electrons. The van der Waals surface area contributed by atoms with Gasteiger partial charge in [0.1, 0.15) is 18.9 Å². The largest absolute Gasteiger partial charge is 0.489 e. The highest BCUT2D eigenvalue weighted by molar-refractivity contribution is 6.30. The average Bonchev–Trinajstić information content (AvgIpc) is 3.71. The van der Waals surface area contributed by atoms with Crippen LogP contribution in [0.1, 0.15) is 41.6 Å². The van der Waals surface area contributed by atoms with E-state index in [9.17, 15) is 14.4 Å². The minimum Gasteiger partial charge on any atom is -0.489 e. The zero-order valence-electron chi connectivity index (χ0n) is 20.8. The van der Waals surface area contributed by atoms with Crippen molar-refractivity contribution >= 4 is 29.3 Å². The van der Waals surface area contributed by atoms with Crippen LogP contribution in [-0.2, 0) is 16.1 Å². The number of para-hydroxylation sites is 1. The van der Waals surface area contributed by atoms with Gasteiger partial charge in [0.15, 0.2) is 0 Å². The molecule has 1 saturated carbocycles. The molecule has 1 aliphatic carbocycles. The molecule has 2 atom stereocenters. The van der Waals surface area contributed by atoms with Crippen molar-refractivity contribution in [3.05, 3.63) is 76.8 Å². The molecular weight excluding hydrogens is 490 g/mol. The van der Waals surface area contributed by atoms with Gasteiger partial charge in [-0.15, -0.1) is 0 Å². The van der Waals surface area contributed by atoms with Crippen molar-refractivity contribution in [3.63, 3.8) is 0 Å². The predicted octanol–water partition coefficient (Wildman–Crippen LogP) is 4.06. The van der Waals surface area contributed by atoms with Crippen molar-refractivity contribution in [1.82, 2.24) is 15.1 Å². The maximum absolute atomic E-state index is 13.5. The fourth-order valence-electron chi connectivity index (χ4n) is 5.07. The molecule has 8 heteroatoms. The molecule has 1 N–H and O–H groups in total. The lowest BCUT2D eigenvalue weighted by atomic mass is 9.82. The number of hydrogen-bond donors (Lipinski definition) is 1. The van der Waals surface area contributed by atoms with Crippen LogP contribution in [0, 0.1) is 11.8 Å². The first-order valence-electron chi connectivity index (χ1n) is 13.0. The van der Waals surface area contributed by atoms with Crippen LogP contribution in [0.4, 0.5) is 0 Å². The third-order valence-corrected chi connectivity index (χ3v) is 7.56. The fourth-order valence-corrected chi connectivity index (χ4v) is 5.19. The summed E-state index contributed by atoms with van der Waals surface area (Å²) in [6.45, 7) is 1.66. The topological polar surface area (TPSA) is 79.0 Å². The zero-order valence-corrected chi connectivity index (χ0v) is 21.5. The van der Waals surface area contributed by atoms with Crippen LogP contribution in [0.5, 0.6) is 5.75 Å². The molecule has 0 spiro atoms. The first-order chi connectivity index (χ1) is 18.0. The number of amides is 3. The van der Waals surface area contributed by atoms with E-state index < -0.39 is 0 Å². The highest BCUT2D eigenvalue weighted by atomic mass is 35.5. The number of rotatable bonds is 4. The minimum absolute atomic E-state index is 0.0426. The lowest BCUT2D eigenvalue weighted by molar-refractivity contribution is -0.134. The van der Waals surface area contributed by atoms with Gasteiger partial charge in [-0.25, -0.2) is 0 Å². The Morgan fingerprint density at radius 1 is 1.03 bits per heavy atom. The molecule has 1 saturated heterocycles. The number of nitrogens with one attached hydrogen (secondary N) is 1. The molecule has 194 valence electrons. The molecule has 3 aliphatic rings. The van der Waals surface area contributed by atoms with Crippen LogP contribution >= 0.6 is 11.6 Å². The van der Waals surface area contributed by atoms with E-state index in [2.05, 4.69) is 11.4 Å². The summed E-state index contributed by atoms with van der Waals surface area (Å²) in [5.41, 5.74) is 1.30. The van der Waals surface area contributed by atoms with Crippen LogP contribution in [-0.4, -0.2) is 59.8 Å². The SMILES string of the molecule is O=C(C[C@@H]1CCN2C[C@@H]1/C=C\COc1ccccc1CN(C(=O)c1ccc(Cl)cc1)CC2=O)NC1CC1. The number of hydrogen-bond acceptors (Lipinski definition) is 4. The fraction of sp³-hybridized carbons (Fsp3) is 0.414. The Balaban J connectivity index is 1.39. The van der Waals surface area contributed by atoms with Gasteiger partial charge >= 0.3 is 0 Å². The summed E-state index contributed by atoms with van der Waals surface area (Å²) in [7, 11) is 0. The predicted molar refractivity (Wildman–Crippen MR) is 141 cm³/mol. The van der Waals surface area contributed by atoms with Gasteiger partial charge < -0.3 is 19.9 Å². The lowest BCUT2D eigenvalue weighted by Crippen LogP contribution is -2.48. The van der Waals surface area contributed by atoms with Crippen LogP contribution in [0.3, 0.4) is 0 Å². The number of benzene rings is 2. The van der Waals surface area contributed by atoms with Gasteiger partial charge in [0, 0.05) is 41.7 Å². The molecular formula is C29H32ClN3O4. The molecule has 2 aliphatic heterocycles. The van der Waals surface area contributed by atoms with Crippen molar-refractivity contribution in [3.8, 4) is 5.75 Å². The molecule has 37 heavy (non-hydrogen) atoms. The Kier molecular flexibility index (Phi) is 7.79. The first-order valence-corrected chi connectivity index (χ1v) is 13.3. The third-order valence-electron chi connectivity index (χ3n) is 7.31. The van der Waals surface area contributed by atoms with Gasteiger partial charge in [-0.3, -0.25) is 14.4 Å². The summed E-state index contributed by atoms with van der Waals surface area (Å²) in [4.78, 5) is 42.9. The molecule has 2 aromatic carbocycles. The van der Waals surface area contributed by atoms with E-state index in [0.29, 0.717) is 48.5 Å². The quantitative estimate of drug-likeness (QED) is 0.615. The summed E-state index contributed by atoms with van der Waals surface area (Å²) in [5, 5.41) is 3.63. The van der Waals surface area contributed by atoms with Gasteiger partial charge in [0.05, 0.1) is 6.54 Å². The number of halogens is 1. The third kappa shape index (κ3) is 6.52. The van der Waals surface area contributed by atoms with Gasteiger partial charge in [0.2, 0.25) is 11.8 Å². The number of nitrogens with zero attached hydrogens (tertiary/aromatic N) is 2. The van der Waals surface area contributed by atoms with Crippen molar-refractivity contribution in [2.45, 2.75) is 38.3 Å². The molecule has 0 aromatic heterocycles. The van der Waals surface area contributed by atoms with E-state index in [-0.39, 0.29) is 42.6 Å². The molecule has 2 fully saturated rings. The van der Waals surface area contributed by atoms with E-state index in [1.54, 1.807) is 29.2 Å². The Hall–Kier alpha value is -3.32. The monoisotopic (exact) mass is 521 g/mol. The Labute approximate surface area is 222 Å². The van der Waals surface area contributed by atoms with E-state index in [1.807, 2.05) is 35.2 Å². The van der Waals surface area contributed by atoms with Crippen LogP contribution in [0.2, 0.25) is 5.02 Å². The van der Waals surface area contributed by atoms with Crippen molar-refractivity contribution < 1.29 is 19.1 Å². The molecule has 7 nitrogen and oxygen atoms in total. The second-order valence-corrected chi connectivity index (χ2v) is 10.5. The highest BCUT2D eigenvalue weighted by Gasteiger charge is 2.34. The molecule has 0 unspecified atom stereocenters. The van der Waals surface area contributed by atoms with Crippen LogP contribution in [0.25, 0.3) is 0 Å². The van der Waals surface area contributed by atoms with Crippen molar-refractivity contribution in [2.75, 3.05) is 26.2 Å². The second kappa shape index (κ2) is 11.4. The summed E-state index contributed by atoms with van der Waals surface area (Å²) < 4.78 is 6.07. The molecule has 2 bridgehead atoms. The minimum atomic E-state index is -0.240. The summed E-state index contributed by atoms with van der Waals surface area (Å²) in [6.07, 6.45) is 7.39. The molecule has 5 rings (SSSR count). The van der Waals surface area contributed by atoms with Gasteiger partial charge in [-0.1, -0.05) is 42.0 Å². The number of fused-ring (bicyclic) bond motifs is 3. The maximum Gasteiger partial charge on any atom is 0.254 e. The number of carbonyl (C=O) groups excluding carboxylic acids is 3. The summed E-state index contributed by atoms with van der Waals surface area (Å²) >= 11 is 6.02. The van der Waals surface area contributed by atoms with Gasteiger partial charge in [-0.2, -0.15) is 0 Å². The van der Waals surface area contributed by atoms with Crippen molar-refractivity contribution in [2.24, 2.45) is 11.8 Å². The molecule has 2 heterocycles. The molecule has 2 aromatic rings. The number of ether oxygens (including phenoxy) is 1. The van der Waals surface area contributed by atoms with Crippen molar-refractivity contribution in [1.29, 1.82) is 0 Å². The van der Waals surface area contributed by atoms with E-state index in [4.69, 9.17) is 16.3 Å². The van der Waals surface area contributed by atoms with E-state index in [0.717, 1.165) is 24.8 Å². The standard InChI is InChI=1S/C29H32ClN3O4/c30-24-9-7-20(8-10-24)29(36)33-18-23-4-1-2-6-26(23)37-15-3-5-22-17-32(28(35)19-33)14-13-21(22)16-27(34)31-25-11-12-25/h1-10,21-22,25H,11-19H2,(H,31,34)/b5-3-/t21-,22-/m0/s1. The zero-order chi connectivity index (χ0) is 25.8. The Morgan fingerprint density at radius 3 is 2.59 bits per heavy atom. The first kappa shape index (κ1) is 25.3. The highest BCUT2D eigenvalue weighted by Crippen LogP contribution is 2.30. The normalized spacial score (nSPS) is 23.0. The maximum atomic E-state index is 13.5. The number of piperidine rings is 1. The molecule has 3 amide bonds. The lowest BCUT2D eigenvalue weighted by Gasteiger charge is -2.38. The van der Waals surface area contributed by atoms with Gasteiger partial charge in [0.25, 0.3) is 5.91 Å². The smallest absolute Gasteiger partial charge is 0.254 e. The average molecular weight is 522 g/mol. The Bertz CT molecular complexity index is 1180. The summed E-state index contributed by atoms with van der Waals surface area (Å²) in [6, 6.07) is 14.6.